The van der Waals surface area contributed by atoms with Crippen LogP contribution in [0.5, 0.6) is 0 Å². The summed E-state index contributed by atoms with van der Waals surface area (Å²) in [4.78, 5) is 25.6. The Hall–Kier alpha value is -2.41. The number of carboxylic acid groups (broad SMARTS) is 1. The molecule has 1 N–H and O–H groups in total. The highest BCUT2D eigenvalue weighted by atomic mass is 35.5. The van der Waals surface area contributed by atoms with E-state index in [1.54, 1.807) is 24.0 Å². The Balaban J connectivity index is 1.80. The Morgan fingerprint density at radius 3 is 2.70 bits per heavy atom. The van der Waals surface area contributed by atoms with E-state index in [1.165, 1.54) is 16.8 Å². The highest BCUT2D eigenvalue weighted by molar-refractivity contribution is 6.33. The molecule has 27 heavy (non-hydrogen) atoms. The van der Waals surface area contributed by atoms with Gasteiger partial charge in [0, 0.05) is 19.5 Å². The number of halogens is 2. The summed E-state index contributed by atoms with van der Waals surface area (Å²) in [5, 5.41) is 13.4. The number of likely N-dealkylation sites (tertiary alicyclic amines) is 1. The number of hydrogen-bond acceptors (Lipinski definition) is 3. The lowest BCUT2D eigenvalue weighted by Gasteiger charge is -2.32. The molecule has 1 aliphatic rings. The lowest BCUT2D eigenvalue weighted by molar-refractivity contribution is -0.137. The van der Waals surface area contributed by atoms with E-state index in [9.17, 15) is 14.0 Å². The molecule has 0 unspecified atom stereocenters. The number of carboxylic acids is 1. The summed E-state index contributed by atoms with van der Waals surface area (Å²) in [7, 11) is 0. The van der Waals surface area contributed by atoms with E-state index in [1.807, 2.05) is 0 Å². The minimum absolute atomic E-state index is 0.106. The minimum atomic E-state index is -0.821. The quantitative estimate of drug-likeness (QED) is 0.840. The first-order valence-corrected chi connectivity index (χ1v) is 9.26. The van der Waals surface area contributed by atoms with E-state index >= 15 is 0 Å². The van der Waals surface area contributed by atoms with Gasteiger partial charge in [0.2, 0.25) is 0 Å². The van der Waals surface area contributed by atoms with Crippen LogP contribution in [-0.4, -0.2) is 44.8 Å². The third-order valence-corrected chi connectivity index (χ3v) is 5.21. The van der Waals surface area contributed by atoms with Crippen molar-refractivity contribution in [3.05, 3.63) is 46.5 Å². The second-order valence-electron chi connectivity index (χ2n) is 6.83. The molecule has 1 saturated heterocycles. The number of carbonyl (C=O) groups is 2. The summed E-state index contributed by atoms with van der Waals surface area (Å²) >= 11 is 6.44. The second-order valence-corrected chi connectivity index (χ2v) is 7.19. The van der Waals surface area contributed by atoms with Crippen LogP contribution in [0, 0.1) is 18.7 Å². The highest BCUT2D eigenvalue weighted by Crippen LogP contribution is 2.28. The average molecular weight is 394 g/mol. The van der Waals surface area contributed by atoms with Crippen molar-refractivity contribution in [2.24, 2.45) is 5.92 Å². The summed E-state index contributed by atoms with van der Waals surface area (Å²) in [6.45, 7) is 2.84. The van der Waals surface area contributed by atoms with Crippen molar-refractivity contribution < 1.29 is 19.1 Å². The van der Waals surface area contributed by atoms with Gasteiger partial charge >= 0.3 is 5.97 Å². The number of rotatable bonds is 5. The van der Waals surface area contributed by atoms with Crippen molar-refractivity contribution in [3.8, 4) is 5.69 Å². The molecule has 1 aromatic heterocycles. The van der Waals surface area contributed by atoms with Gasteiger partial charge in [0.05, 0.1) is 16.9 Å². The molecule has 1 aromatic carbocycles. The molecule has 6 nitrogen and oxygen atoms in total. The molecule has 0 spiro atoms. The number of aryl methyl sites for hydroxylation is 1. The van der Waals surface area contributed by atoms with E-state index < -0.39 is 5.97 Å². The third-order valence-electron chi connectivity index (χ3n) is 4.86. The number of piperidine rings is 1. The molecule has 1 aliphatic heterocycles. The van der Waals surface area contributed by atoms with Crippen LogP contribution in [0.15, 0.2) is 24.3 Å². The maximum atomic E-state index is 13.1. The van der Waals surface area contributed by atoms with E-state index in [0.29, 0.717) is 36.5 Å². The van der Waals surface area contributed by atoms with Gasteiger partial charge in [-0.25, -0.2) is 9.07 Å². The smallest absolute Gasteiger partial charge is 0.303 e. The van der Waals surface area contributed by atoms with Crippen molar-refractivity contribution in [3.63, 3.8) is 0 Å². The number of benzene rings is 1. The molecule has 1 amide bonds. The van der Waals surface area contributed by atoms with Gasteiger partial charge in [0.1, 0.15) is 11.0 Å². The predicted octanol–water partition coefficient (Wildman–Crippen LogP) is 3.69. The molecule has 2 aromatic rings. The first-order chi connectivity index (χ1) is 12.9. The lowest BCUT2D eigenvalue weighted by atomic mass is 9.93. The Morgan fingerprint density at radius 2 is 2.04 bits per heavy atom. The van der Waals surface area contributed by atoms with Gasteiger partial charge in [0.15, 0.2) is 0 Å². The number of hydrogen-bond donors (Lipinski definition) is 1. The Bertz CT molecular complexity index is 851. The average Bonchev–Trinajstić information content (AvgIpc) is 2.94. The second kappa shape index (κ2) is 8.08. The largest absolute Gasteiger partial charge is 0.481 e. The summed E-state index contributed by atoms with van der Waals surface area (Å²) in [5.74, 6) is -1.22. The van der Waals surface area contributed by atoms with E-state index in [4.69, 9.17) is 16.7 Å². The maximum Gasteiger partial charge on any atom is 0.303 e. The highest BCUT2D eigenvalue weighted by Gasteiger charge is 2.29. The monoisotopic (exact) mass is 393 g/mol. The summed E-state index contributed by atoms with van der Waals surface area (Å²) in [5.41, 5.74) is 1.41. The van der Waals surface area contributed by atoms with Crippen LogP contribution in [0.3, 0.4) is 0 Å². The van der Waals surface area contributed by atoms with Crippen LogP contribution in [0.1, 0.15) is 41.7 Å². The molecule has 0 bridgehead atoms. The fraction of sp³-hybridized carbons (Fsp3) is 0.421. The first-order valence-electron chi connectivity index (χ1n) is 8.89. The fourth-order valence-electron chi connectivity index (χ4n) is 3.47. The van der Waals surface area contributed by atoms with Gasteiger partial charge < -0.3 is 10.0 Å². The van der Waals surface area contributed by atoms with Crippen LogP contribution in [0.2, 0.25) is 5.15 Å². The molecular formula is C19H21ClFN3O3. The summed E-state index contributed by atoms with van der Waals surface area (Å²) in [6, 6.07) is 5.71. The predicted molar refractivity (Wildman–Crippen MR) is 98.8 cm³/mol. The lowest BCUT2D eigenvalue weighted by Crippen LogP contribution is -2.40. The van der Waals surface area contributed by atoms with Crippen molar-refractivity contribution in [2.45, 2.75) is 32.6 Å². The van der Waals surface area contributed by atoms with Crippen LogP contribution < -0.4 is 0 Å². The Labute approximate surface area is 161 Å². The van der Waals surface area contributed by atoms with Crippen LogP contribution in [-0.2, 0) is 4.79 Å². The maximum absolute atomic E-state index is 13.1. The van der Waals surface area contributed by atoms with Gasteiger partial charge in [-0.05, 0) is 56.4 Å². The third kappa shape index (κ3) is 4.30. The zero-order valence-electron chi connectivity index (χ0n) is 15.0. The van der Waals surface area contributed by atoms with E-state index in [0.717, 1.165) is 12.8 Å². The SMILES string of the molecule is Cc1nn(-c2ccc(F)cc2)c(Cl)c1C(=O)N1CCC[C@H](CCC(=O)O)C1. The topological polar surface area (TPSA) is 75.4 Å². The minimum Gasteiger partial charge on any atom is -0.481 e. The molecule has 1 fully saturated rings. The molecule has 0 aliphatic carbocycles. The molecule has 3 rings (SSSR count). The summed E-state index contributed by atoms with van der Waals surface area (Å²) < 4.78 is 14.6. The van der Waals surface area contributed by atoms with Gasteiger partial charge in [-0.3, -0.25) is 9.59 Å². The number of nitrogens with zero attached hydrogens (tertiary/aromatic N) is 3. The van der Waals surface area contributed by atoms with E-state index in [2.05, 4.69) is 5.10 Å². The zero-order chi connectivity index (χ0) is 19.6. The molecular weight excluding hydrogens is 373 g/mol. The van der Waals surface area contributed by atoms with Gasteiger partial charge in [-0.15, -0.1) is 0 Å². The van der Waals surface area contributed by atoms with Crippen molar-refractivity contribution in [1.29, 1.82) is 0 Å². The van der Waals surface area contributed by atoms with Gasteiger partial charge in [-0.2, -0.15) is 5.10 Å². The van der Waals surface area contributed by atoms with Crippen LogP contribution in [0.4, 0.5) is 4.39 Å². The zero-order valence-corrected chi connectivity index (χ0v) is 15.7. The number of aromatic nitrogens is 2. The fourth-order valence-corrected chi connectivity index (χ4v) is 3.82. The molecule has 2 heterocycles. The molecule has 0 saturated carbocycles. The van der Waals surface area contributed by atoms with Crippen molar-refractivity contribution >= 4 is 23.5 Å². The molecule has 8 heteroatoms. The number of amides is 1. The van der Waals surface area contributed by atoms with Crippen molar-refractivity contribution in [1.82, 2.24) is 14.7 Å². The Morgan fingerprint density at radius 1 is 1.33 bits per heavy atom. The van der Waals surface area contributed by atoms with E-state index in [-0.39, 0.29) is 29.2 Å². The van der Waals surface area contributed by atoms with Gasteiger partial charge in [0.25, 0.3) is 5.91 Å². The molecule has 144 valence electrons. The van der Waals surface area contributed by atoms with Gasteiger partial charge in [-0.1, -0.05) is 11.6 Å². The van der Waals surface area contributed by atoms with Crippen molar-refractivity contribution in [2.75, 3.05) is 13.1 Å². The molecule has 1 atom stereocenters. The normalized spacial score (nSPS) is 17.1. The van der Waals surface area contributed by atoms with Crippen LogP contribution >= 0.6 is 11.6 Å². The molecule has 0 radical (unpaired) electrons. The first kappa shape index (κ1) is 19.4. The number of aliphatic carboxylic acids is 1. The standard InChI is InChI=1S/C19H21ClFN3O3/c1-12-17(18(20)24(22-12)15-7-5-14(21)6-8-15)19(27)23-10-2-3-13(11-23)4-9-16(25)26/h5-8,13H,2-4,9-11H2,1H3,(H,25,26)/t13-/m1/s1. The number of carbonyl (C=O) groups excluding carboxylic acids is 1. The van der Waals surface area contributed by atoms with Crippen LogP contribution in [0.25, 0.3) is 5.69 Å². The summed E-state index contributed by atoms with van der Waals surface area (Å²) in [6.07, 6.45) is 2.41. The Kier molecular flexibility index (Phi) is 5.79.